The predicted molar refractivity (Wildman–Crippen MR) is 66.0 cm³/mol. The second-order valence-corrected chi connectivity index (χ2v) is 5.00. The van der Waals surface area contributed by atoms with Crippen LogP contribution >= 0.6 is 0 Å². The average molecular weight is 257 g/mol. The third-order valence-corrected chi connectivity index (χ3v) is 3.28. The van der Waals surface area contributed by atoms with Crippen LogP contribution in [0.4, 0.5) is 5.69 Å². The highest BCUT2D eigenvalue weighted by molar-refractivity contribution is 7.85. The van der Waals surface area contributed by atoms with Crippen LogP contribution < -0.4 is 5.32 Å². The molecule has 2 unspecified atom stereocenters. The summed E-state index contributed by atoms with van der Waals surface area (Å²) in [7, 11) is -1.48. The van der Waals surface area contributed by atoms with Crippen molar-refractivity contribution in [3.8, 4) is 0 Å². The Morgan fingerprint density at radius 1 is 1.35 bits per heavy atom. The highest BCUT2D eigenvalue weighted by atomic mass is 32.2. The molecule has 0 aliphatic heterocycles. The van der Waals surface area contributed by atoms with E-state index in [2.05, 4.69) is 5.32 Å². The molecule has 1 amide bonds. The number of benzene rings is 1. The number of rotatable bonds is 6. The van der Waals surface area contributed by atoms with Gasteiger partial charge in [-0.05, 0) is 12.1 Å². The van der Waals surface area contributed by atoms with Gasteiger partial charge in [-0.3, -0.25) is 9.00 Å². The number of carbonyl (C=O) groups excluding carboxylic acids is 1. The van der Waals surface area contributed by atoms with Crippen LogP contribution in [0.15, 0.2) is 30.3 Å². The lowest BCUT2D eigenvalue weighted by molar-refractivity contribution is -0.113. The lowest BCUT2D eigenvalue weighted by atomic mass is 10.3. The highest BCUT2D eigenvalue weighted by Crippen LogP contribution is 2.04. The zero-order valence-electron chi connectivity index (χ0n) is 9.20. The highest BCUT2D eigenvalue weighted by Gasteiger charge is 2.12. The summed E-state index contributed by atoms with van der Waals surface area (Å²) in [5, 5.41) is 20.2. The number of para-hydroxylation sites is 1. The molecule has 0 radical (unpaired) electrons. The fourth-order valence-corrected chi connectivity index (χ4v) is 2.21. The van der Waals surface area contributed by atoms with Crippen LogP contribution in [-0.4, -0.2) is 44.5 Å². The summed E-state index contributed by atoms with van der Waals surface area (Å²) >= 11 is 0. The van der Waals surface area contributed by atoms with Crippen molar-refractivity contribution in [1.82, 2.24) is 0 Å². The number of amides is 1. The molecule has 0 aliphatic rings. The van der Waals surface area contributed by atoms with E-state index >= 15 is 0 Å². The molecule has 0 aliphatic carbocycles. The van der Waals surface area contributed by atoms with Crippen LogP contribution in [0.2, 0.25) is 0 Å². The molecule has 5 nitrogen and oxygen atoms in total. The smallest absolute Gasteiger partial charge is 0.236 e. The molecule has 0 heterocycles. The first-order valence-electron chi connectivity index (χ1n) is 5.10. The van der Waals surface area contributed by atoms with Gasteiger partial charge in [-0.2, -0.15) is 0 Å². The maximum atomic E-state index is 11.4. The summed E-state index contributed by atoms with van der Waals surface area (Å²) in [6, 6.07) is 8.84. The van der Waals surface area contributed by atoms with E-state index in [0.717, 1.165) is 0 Å². The second kappa shape index (κ2) is 7.16. The van der Waals surface area contributed by atoms with Gasteiger partial charge in [0.1, 0.15) is 5.75 Å². The molecule has 1 aromatic rings. The van der Waals surface area contributed by atoms with Gasteiger partial charge in [0.15, 0.2) is 0 Å². The van der Waals surface area contributed by atoms with E-state index in [4.69, 9.17) is 10.2 Å². The van der Waals surface area contributed by atoms with Crippen LogP contribution in [0.1, 0.15) is 0 Å². The minimum Gasteiger partial charge on any atom is -0.394 e. The van der Waals surface area contributed by atoms with E-state index in [0.29, 0.717) is 5.69 Å². The molecule has 94 valence electrons. The number of hydrogen-bond donors (Lipinski definition) is 3. The molecular weight excluding hydrogens is 242 g/mol. The van der Waals surface area contributed by atoms with Crippen LogP contribution in [-0.2, 0) is 15.6 Å². The standard InChI is InChI=1S/C11H15NO4S/c13-6-10(14)7-17(16)8-11(15)12-9-4-2-1-3-5-9/h1-5,10,13-14H,6-8H2,(H,12,15). The van der Waals surface area contributed by atoms with Crippen molar-refractivity contribution < 1.29 is 19.2 Å². The first kappa shape index (κ1) is 13.8. The molecule has 0 bridgehead atoms. The van der Waals surface area contributed by atoms with Crippen molar-refractivity contribution in [3.63, 3.8) is 0 Å². The SMILES string of the molecule is O=C(CS(=O)CC(O)CO)Nc1ccccc1. The normalized spacial score (nSPS) is 14.0. The Bertz CT molecular complexity index is 382. The first-order chi connectivity index (χ1) is 8.11. The van der Waals surface area contributed by atoms with Crippen LogP contribution in [0.5, 0.6) is 0 Å². The Balaban J connectivity index is 2.37. The zero-order valence-corrected chi connectivity index (χ0v) is 10.0. The third-order valence-electron chi connectivity index (χ3n) is 1.94. The maximum absolute atomic E-state index is 11.4. The van der Waals surface area contributed by atoms with Crippen molar-refractivity contribution in [1.29, 1.82) is 0 Å². The molecule has 6 heteroatoms. The Morgan fingerprint density at radius 3 is 2.59 bits per heavy atom. The van der Waals surface area contributed by atoms with E-state index in [1.807, 2.05) is 6.07 Å². The number of aliphatic hydroxyl groups excluding tert-OH is 2. The van der Waals surface area contributed by atoms with Gasteiger partial charge in [-0.15, -0.1) is 0 Å². The lowest BCUT2D eigenvalue weighted by Crippen LogP contribution is -2.27. The summed E-state index contributed by atoms with van der Waals surface area (Å²) in [6.07, 6.45) is -1.04. The molecule has 2 atom stereocenters. The third kappa shape index (κ3) is 5.58. The molecule has 1 aromatic carbocycles. The largest absolute Gasteiger partial charge is 0.394 e. The number of aliphatic hydroxyl groups is 2. The Morgan fingerprint density at radius 2 is 2.00 bits per heavy atom. The fourth-order valence-electron chi connectivity index (χ4n) is 1.19. The fraction of sp³-hybridized carbons (Fsp3) is 0.364. The first-order valence-corrected chi connectivity index (χ1v) is 6.59. The molecule has 0 saturated heterocycles. The van der Waals surface area contributed by atoms with Crippen molar-refractivity contribution >= 4 is 22.4 Å². The number of anilines is 1. The van der Waals surface area contributed by atoms with E-state index in [1.165, 1.54) is 0 Å². The van der Waals surface area contributed by atoms with Crippen molar-refractivity contribution in [2.24, 2.45) is 0 Å². The maximum Gasteiger partial charge on any atom is 0.236 e. The van der Waals surface area contributed by atoms with Gasteiger partial charge in [-0.25, -0.2) is 0 Å². The van der Waals surface area contributed by atoms with E-state index in [-0.39, 0.29) is 17.4 Å². The number of nitrogens with one attached hydrogen (secondary N) is 1. The molecule has 17 heavy (non-hydrogen) atoms. The van der Waals surface area contributed by atoms with Gasteiger partial charge in [0, 0.05) is 16.5 Å². The minimum absolute atomic E-state index is 0.0985. The van der Waals surface area contributed by atoms with Gasteiger partial charge in [-0.1, -0.05) is 18.2 Å². The average Bonchev–Trinajstić information content (AvgIpc) is 2.29. The second-order valence-electron chi connectivity index (χ2n) is 3.50. The van der Waals surface area contributed by atoms with Crippen molar-refractivity contribution in [2.45, 2.75) is 6.10 Å². The van der Waals surface area contributed by atoms with E-state index < -0.39 is 23.5 Å². The Kier molecular flexibility index (Phi) is 5.82. The van der Waals surface area contributed by atoms with Gasteiger partial charge in [0.25, 0.3) is 0 Å². The molecular formula is C11H15NO4S. The summed E-state index contributed by atoms with van der Waals surface area (Å²) in [6.45, 7) is -0.452. The number of carbonyl (C=O) groups is 1. The zero-order chi connectivity index (χ0) is 12.7. The summed E-state index contributed by atoms with van der Waals surface area (Å²) < 4.78 is 11.4. The quantitative estimate of drug-likeness (QED) is 0.654. The Labute approximate surface area is 102 Å². The van der Waals surface area contributed by atoms with Crippen LogP contribution in [0, 0.1) is 0 Å². The Hall–Kier alpha value is -1.24. The summed E-state index contributed by atoms with van der Waals surface area (Å²) in [5.41, 5.74) is 0.636. The molecule has 1 rings (SSSR count). The molecule has 0 fully saturated rings. The van der Waals surface area contributed by atoms with Gasteiger partial charge in [0.2, 0.25) is 5.91 Å². The van der Waals surface area contributed by atoms with Crippen LogP contribution in [0.25, 0.3) is 0 Å². The van der Waals surface area contributed by atoms with E-state index in [9.17, 15) is 9.00 Å². The monoisotopic (exact) mass is 257 g/mol. The van der Waals surface area contributed by atoms with Crippen LogP contribution in [0.3, 0.4) is 0 Å². The minimum atomic E-state index is -1.48. The molecule has 0 saturated carbocycles. The van der Waals surface area contributed by atoms with Gasteiger partial charge in [0.05, 0.1) is 18.5 Å². The topological polar surface area (TPSA) is 86.6 Å². The van der Waals surface area contributed by atoms with Crippen molar-refractivity contribution in [2.75, 3.05) is 23.4 Å². The van der Waals surface area contributed by atoms with Gasteiger partial charge < -0.3 is 15.5 Å². The van der Waals surface area contributed by atoms with Crippen molar-refractivity contribution in [3.05, 3.63) is 30.3 Å². The van der Waals surface area contributed by atoms with Gasteiger partial charge >= 0.3 is 0 Å². The summed E-state index contributed by atoms with van der Waals surface area (Å²) in [5.74, 6) is -0.662. The number of hydrogen-bond acceptors (Lipinski definition) is 4. The predicted octanol–water partition coefficient (Wildman–Crippen LogP) is -0.273. The molecule has 3 N–H and O–H groups in total. The van der Waals surface area contributed by atoms with E-state index in [1.54, 1.807) is 24.3 Å². The molecule has 0 aromatic heterocycles. The lowest BCUT2D eigenvalue weighted by Gasteiger charge is -2.07. The summed E-state index contributed by atoms with van der Waals surface area (Å²) in [4.78, 5) is 11.4. The molecule has 0 spiro atoms.